The highest BCUT2D eigenvalue weighted by Gasteiger charge is 2.47. The van der Waals surface area contributed by atoms with Crippen LogP contribution in [0.4, 0.5) is 0 Å². The first-order valence-electron chi connectivity index (χ1n) is 37.3. The van der Waals surface area contributed by atoms with E-state index in [1.807, 2.05) is 36.4 Å². The van der Waals surface area contributed by atoms with Gasteiger partial charge in [0, 0.05) is 16.2 Å². The van der Waals surface area contributed by atoms with Crippen molar-refractivity contribution in [3.63, 3.8) is 0 Å². The molecule has 0 saturated carbocycles. The number of benzene rings is 15. The summed E-state index contributed by atoms with van der Waals surface area (Å²) in [4.78, 5) is 0. The highest BCUT2D eigenvalue weighted by molar-refractivity contribution is 7.49. The average Bonchev–Trinajstić information content (AvgIpc) is 0.735. The predicted octanol–water partition coefficient (Wildman–Crippen LogP) is 27.3. The van der Waals surface area contributed by atoms with Gasteiger partial charge in [0.05, 0.1) is 0 Å². The molecule has 0 bridgehead atoms. The summed E-state index contributed by atoms with van der Waals surface area (Å²) >= 11 is 0. The van der Waals surface area contributed by atoms with E-state index in [2.05, 4.69) is 406 Å². The molecule has 0 atom stereocenters. The number of hydrogen-bond donors (Lipinski definition) is 0. The molecule has 0 aliphatic heterocycles. The summed E-state index contributed by atoms with van der Waals surface area (Å²) in [6, 6.07) is 141. The Morgan fingerprint density at radius 2 is 0.346 bits per heavy atom. The molecule has 0 amide bonds. The lowest BCUT2D eigenvalue weighted by Gasteiger charge is -2.42. The molecule has 0 radical (unpaired) electrons. The van der Waals surface area contributed by atoms with Gasteiger partial charge in [0.1, 0.15) is 17.2 Å². The van der Waals surface area contributed by atoms with E-state index >= 15 is 4.57 Å². The summed E-state index contributed by atoms with van der Waals surface area (Å²) in [5.41, 5.74) is 21.3. The van der Waals surface area contributed by atoms with Gasteiger partial charge >= 0.3 is 7.82 Å². The van der Waals surface area contributed by atoms with Gasteiger partial charge in [-0.2, -0.15) is 4.57 Å². The fourth-order valence-electron chi connectivity index (χ4n) is 17.2. The van der Waals surface area contributed by atoms with Crippen LogP contribution in [0, 0.1) is 17.8 Å². The Kier molecular flexibility index (Phi) is 20.4. The maximum absolute atomic E-state index is 16.8. The van der Waals surface area contributed by atoms with Gasteiger partial charge in [0.2, 0.25) is 0 Å². The topological polar surface area (TPSA) is 44.8 Å². The van der Waals surface area contributed by atoms with Crippen LogP contribution in [0.2, 0.25) is 0 Å². The first kappa shape index (κ1) is 70.6. The van der Waals surface area contributed by atoms with Crippen molar-refractivity contribution in [2.45, 2.75) is 57.8 Å². The van der Waals surface area contributed by atoms with Gasteiger partial charge in [-0.3, -0.25) is 0 Å². The lowest BCUT2D eigenvalue weighted by molar-refractivity contribution is 0.298. The average molecular weight is 1410 g/mol. The minimum Gasteiger partial charge on any atom is -0.386 e. The molecule has 15 aromatic rings. The lowest BCUT2D eigenvalue weighted by atomic mass is 9.60. The second-order valence-electron chi connectivity index (χ2n) is 28.7. The standard InChI is InChI=1S/C102H87O4P/c1-73(2)100(94-55-31-25-49-88(94)76-37-13-7-14-38-76,95-56-32-26-50-89(95)77-39-15-8-16-40-77)82-61-67-85(68-62-82)104-107(103,105-86-69-63-83(64-70-86)101(74(3)4,96-57-33-27-51-90(96)78-41-17-9-18-42-78)97-58-34-28-52-91(97)79-43-19-10-20-44-79)106-87-71-65-84(66-72-87)102(75(5)6,98-59-35-29-53-92(98)80-45-21-11-22-46-80)99-60-36-30-54-93(99)81-47-23-12-24-48-81/h7-75H,1-6H3. The molecule has 0 saturated heterocycles. The Morgan fingerprint density at radius 1 is 0.196 bits per heavy atom. The van der Waals surface area contributed by atoms with Crippen LogP contribution in [-0.2, 0) is 20.8 Å². The molecule has 4 nitrogen and oxygen atoms in total. The first-order chi connectivity index (χ1) is 52.4. The van der Waals surface area contributed by atoms with Gasteiger partial charge in [-0.25, -0.2) is 0 Å². The molecule has 0 aliphatic carbocycles. The summed E-state index contributed by atoms with van der Waals surface area (Å²) in [7, 11) is -4.75. The normalized spacial score (nSPS) is 11.9. The SMILES string of the molecule is CC(C)C(c1ccc(OP(=O)(Oc2ccc(C(c3ccccc3-c3ccccc3)(c3ccccc3-c3ccccc3)C(C)C)cc2)Oc2ccc(C(c3ccccc3-c3ccccc3)(c3ccccc3-c3ccccc3)C(C)C)cc2)cc1)(c1ccccc1-c1ccccc1)c1ccccc1-c1ccccc1. The van der Waals surface area contributed by atoms with E-state index in [-0.39, 0.29) is 17.8 Å². The summed E-state index contributed by atoms with van der Waals surface area (Å²) in [6.07, 6.45) is 0. The van der Waals surface area contributed by atoms with Crippen LogP contribution in [0.15, 0.2) is 400 Å². The molecule has 15 aromatic carbocycles. The van der Waals surface area contributed by atoms with Crippen molar-refractivity contribution in [2.75, 3.05) is 0 Å². The zero-order chi connectivity index (χ0) is 73.4. The lowest BCUT2D eigenvalue weighted by Crippen LogP contribution is -2.36. The van der Waals surface area contributed by atoms with Gasteiger partial charge in [0.15, 0.2) is 0 Å². The van der Waals surface area contributed by atoms with Gasteiger partial charge in [-0.15, -0.1) is 0 Å². The van der Waals surface area contributed by atoms with E-state index in [1.54, 1.807) is 0 Å². The highest BCUT2D eigenvalue weighted by Crippen LogP contribution is 2.58. The van der Waals surface area contributed by atoms with Crippen LogP contribution in [0.5, 0.6) is 17.2 Å². The number of hydrogen-bond acceptors (Lipinski definition) is 4. The van der Waals surface area contributed by atoms with Crippen molar-refractivity contribution < 1.29 is 18.1 Å². The quantitative estimate of drug-likeness (QED) is 0.0447. The number of rotatable bonds is 24. The Morgan fingerprint density at radius 3 is 0.505 bits per heavy atom. The van der Waals surface area contributed by atoms with Crippen molar-refractivity contribution in [3.8, 4) is 84.0 Å². The molecule has 15 rings (SSSR count). The van der Waals surface area contributed by atoms with Crippen LogP contribution >= 0.6 is 7.82 Å². The summed E-state index contributed by atoms with van der Waals surface area (Å²) in [6.45, 7) is 13.9. The van der Waals surface area contributed by atoms with Crippen LogP contribution in [-0.4, -0.2) is 0 Å². The molecule has 524 valence electrons. The van der Waals surface area contributed by atoms with Gasteiger partial charge < -0.3 is 13.6 Å². The van der Waals surface area contributed by atoms with E-state index in [1.165, 1.54) is 0 Å². The Labute approximate surface area is 632 Å². The van der Waals surface area contributed by atoms with Crippen molar-refractivity contribution in [1.82, 2.24) is 0 Å². The van der Waals surface area contributed by atoms with E-state index in [4.69, 9.17) is 13.6 Å². The van der Waals surface area contributed by atoms with E-state index in [0.29, 0.717) is 17.2 Å². The van der Waals surface area contributed by atoms with Gasteiger partial charge in [-0.05, 0) is 171 Å². The minimum atomic E-state index is -4.75. The van der Waals surface area contributed by atoms with Gasteiger partial charge in [-0.1, -0.05) is 406 Å². The van der Waals surface area contributed by atoms with E-state index in [0.717, 1.165) is 117 Å². The molecule has 0 heterocycles. The summed E-state index contributed by atoms with van der Waals surface area (Å²) in [5.74, 6) is 0.937. The van der Waals surface area contributed by atoms with Crippen molar-refractivity contribution in [2.24, 2.45) is 17.8 Å². The molecular formula is C102H87O4P. The van der Waals surface area contributed by atoms with Gasteiger partial charge in [0.25, 0.3) is 0 Å². The second-order valence-corrected chi connectivity index (χ2v) is 30.1. The smallest absolute Gasteiger partial charge is 0.386 e. The fourth-order valence-corrected chi connectivity index (χ4v) is 18.4. The molecule has 0 aliphatic rings. The molecule has 0 aromatic heterocycles. The maximum Gasteiger partial charge on any atom is 0.647 e. The first-order valence-corrected chi connectivity index (χ1v) is 38.8. The van der Waals surface area contributed by atoms with Crippen molar-refractivity contribution >= 4 is 7.82 Å². The molecule has 0 fully saturated rings. The highest BCUT2D eigenvalue weighted by atomic mass is 31.2. The number of phosphoric acid groups is 1. The molecule has 0 spiro atoms. The minimum absolute atomic E-state index is 0.00818. The van der Waals surface area contributed by atoms with Crippen molar-refractivity contribution in [1.29, 1.82) is 0 Å². The number of phosphoric ester groups is 1. The van der Waals surface area contributed by atoms with Crippen LogP contribution < -0.4 is 13.6 Å². The largest absolute Gasteiger partial charge is 0.647 e. The monoisotopic (exact) mass is 1410 g/mol. The molecular weight excluding hydrogens is 1320 g/mol. The molecule has 107 heavy (non-hydrogen) atoms. The van der Waals surface area contributed by atoms with Crippen LogP contribution in [0.25, 0.3) is 66.8 Å². The molecule has 0 unspecified atom stereocenters. The summed E-state index contributed by atoms with van der Waals surface area (Å²) in [5, 5.41) is 0. The third-order valence-electron chi connectivity index (χ3n) is 21.8. The van der Waals surface area contributed by atoms with Crippen LogP contribution in [0.3, 0.4) is 0 Å². The Bertz CT molecular complexity index is 4730. The Balaban J connectivity index is 0.887. The second kappa shape index (κ2) is 30.9. The summed E-state index contributed by atoms with van der Waals surface area (Å²) < 4.78 is 37.6. The third kappa shape index (κ3) is 13.5. The fraction of sp³-hybridized carbons (Fsp3) is 0.118. The van der Waals surface area contributed by atoms with Crippen molar-refractivity contribution in [3.05, 3.63) is 450 Å². The predicted molar refractivity (Wildman–Crippen MR) is 444 cm³/mol. The zero-order valence-corrected chi connectivity index (χ0v) is 62.3. The third-order valence-corrected chi connectivity index (χ3v) is 23.1. The molecule has 0 N–H and O–H groups in total. The van der Waals surface area contributed by atoms with E-state index < -0.39 is 24.1 Å². The Hall–Kier alpha value is -12.1. The molecule has 5 heteroatoms. The van der Waals surface area contributed by atoms with E-state index in [9.17, 15) is 0 Å². The zero-order valence-electron chi connectivity index (χ0n) is 61.4. The maximum atomic E-state index is 16.8. The van der Waals surface area contributed by atoms with Crippen LogP contribution in [0.1, 0.15) is 91.6 Å².